The fraction of sp³-hybridized carbons (Fsp3) is 0.125. The summed E-state index contributed by atoms with van der Waals surface area (Å²) in [4.78, 5) is 3.83. The van der Waals surface area contributed by atoms with Crippen LogP contribution in [0.1, 0.15) is 5.56 Å². The number of thiophene rings is 1. The molecule has 0 saturated carbocycles. The molecule has 5 heteroatoms. The molecule has 0 fully saturated rings. The summed E-state index contributed by atoms with van der Waals surface area (Å²) in [5, 5.41) is 1.60. The lowest BCUT2D eigenvalue weighted by Gasteiger charge is -2.06. The predicted octanol–water partition coefficient (Wildman–Crippen LogP) is 3.32. The van der Waals surface area contributed by atoms with Crippen molar-refractivity contribution >= 4 is 21.6 Å². The molecule has 68 valence electrons. The van der Waals surface area contributed by atoms with Gasteiger partial charge >= 0.3 is 6.18 Å². The van der Waals surface area contributed by atoms with Crippen molar-refractivity contribution in [1.82, 2.24) is 4.98 Å². The van der Waals surface area contributed by atoms with Gasteiger partial charge in [0.05, 0.1) is 15.8 Å². The lowest BCUT2D eigenvalue weighted by Crippen LogP contribution is -2.04. The largest absolute Gasteiger partial charge is 0.417 e. The molecular formula is C8H4F3NS. The van der Waals surface area contributed by atoms with Crippen molar-refractivity contribution in [3.63, 3.8) is 0 Å². The van der Waals surface area contributed by atoms with Crippen molar-refractivity contribution in [2.24, 2.45) is 0 Å². The van der Waals surface area contributed by atoms with Gasteiger partial charge in [0.25, 0.3) is 0 Å². The maximum atomic E-state index is 12.4. The van der Waals surface area contributed by atoms with E-state index in [-0.39, 0.29) is 4.70 Å². The van der Waals surface area contributed by atoms with Crippen molar-refractivity contribution in [1.29, 1.82) is 0 Å². The first-order chi connectivity index (χ1) is 6.09. The van der Waals surface area contributed by atoms with Crippen molar-refractivity contribution < 1.29 is 13.2 Å². The smallest absolute Gasteiger partial charge is 0.255 e. The van der Waals surface area contributed by atoms with Gasteiger partial charge in [0.2, 0.25) is 0 Å². The third-order valence-corrected chi connectivity index (χ3v) is 2.59. The molecule has 2 aromatic rings. The number of hydrogen-bond donors (Lipinski definition) is 0. The molecule has 0 aliphatic rings. The van der Waals surface area contributed by atoms with Crippen LogP contribution in [-0.4, -0.2) is 4.98 Å². The molecule has 2 aromatic heterocycles. The quantitative estimate of drug-likeness (QED) is 0.640. The number of halogens is 3. The molecule has 0 aromatic carbocycles. The van der Waals surface area contributed by atoms with Gasteiger partial charge in [-0.25, -0.2) is 0 Å². The molecule has 0 aliphatic heterocycles. The summed E-state index contributed by atoms with van der Waals surface area (Å²) in [6, 6.07) is 2.58. The van der Waals surface area contributed by atoms with E-state index in [9.17, 15) is 13.2 Å². The van der Waals surface area contributed by atoms with E-state index in [1.807, 2.05) is 0 Å². The summed E-state index contributed by atoms with van der Waals surface area (Å²) in [7, 11) is 0. The highest BCUT2D eigenvalue weighted by atomic mass is 32.1. The average Bonchev–Trinajstić information content (AvgIpc) is 2.48. The summed E-state index contributed by atoms with van der Waals surface area (Å²) in [5.41, 5.74) is -0.202. The maximum Gasteiger partial charge on any atom is 0.417 e. The van der Waals surface area contributed by atoms with Gasteiger partial charge in [0.1, 0.15) is 0 Å². The van der Waals surface area contributed by atoms with Crippen molar-refractivity contribution in [2.45, 2.75) is 6.18 Å². The third kappa shape index (κ3) is 1.39. The molecule has 1 nitrogen and oxygen atoms in total. The van der Waals surface area contributed by atoms with Crippen LogP contribution in [0, 0.1) is 0 Å². The Labute approximate surface area is 75.8 Å². The molecule has 0 unspecified atom stereocenters. The van der Waals surface area contributed by atoms with Gasteiger partial charge in [-0.3, -0.25) is 4.98 Å². The number of nitrogens with zero attached hydrogens (tertiary/aromatic N) is 1. The van der Waals surface area contributed by atoms with Crippen molar-refractivity contribution in [3.05, 3.63) is 29.3 Å². The monoisotopic (exact) mass is 203 g/mol. The summed E-state index contributed by atoms with van der Waals surface area (Å²) >= 11 is 1.06. The molecule has 0 aliphatic carbocycles. The Morgan fingerprint density at radius 1 is 1.23 bits per heavy atom. The Hall–Kier alpha value is -1.10. The third-order valence-electron chi connectivity index (χ3n) is 1.65. The van der Waals surface area contributed by atoms with Crippen molar-refractivity contribution in [2.75, 3.05) is 0 Å². The Morgan fingerprint density at radius 2 is 2.00 bits per heavy atom. The van der Waals surface area contributed by atoms with Gasteiger partial charge < -0.3 is 0 Å². The Balaban J connectivity index is 2.75. The number of hydrogen-bond acceptors (Lipinski definition) is 2. The van der Waals surface area contributed by atoms with Crippen LogP contribution in [0.4, 0.5) is 13.2 Å². The van der Waals surface area contributed by atoms with E-state index in [4.69, 9.17) is 0 Å². The molecule has 0 bridgehead atoms. The highest BCUT2D eigenvalue weighted by molar-refractivity contribution is 7.17. The number of rotatable bonds is 0. The van der Waals surface area contributed by atoms with Crippen LogP contribution < -0.4 is 0 Å². The van der Waals surface area contributed by atoms with E-state index in [0.717, 1.165) is 17.4 Å². The molecule has 2 rings (SSSR count). The van der Waals surface area contributed by atoms with Crippen LogP contribution in [0.2, 0.25) is 0 Å². The molecule has 13 heavy (non-hydrogen) atoms. The van der Waals surface area contributed by atoms with E-state index in [1.54, 1.807) is 11.4 Å². The van der Waals surface area contributed by atoms with E-state index in [1.165, 1.54) is 6.20 Å². The summed E-state index contributed by atoms with van der Waals surface area (Å²) in [6.45, 7) is 0. The lowest BCUT2D eigenvalue weighted by molar-refractivity contribution is -0.136. The van der Waals surface area contributed by atoms with E-state index in [0.29, 0.717) is 5.52 Å². The maximum absolute atomic E-state index is 12.4. The first kappa shape index (κ1) is 8.50. The molecule has 0 amide bonds. The number of fused-ring (bicyclic) bond motifs is 1. The molecule has 0 N–H and O–H groups in total. The minimum Gasteiger partial charge on any atom is -0.255 e. The number of alkyl halides is 3. The van der Waals surface area contributed by atoms with Crippen LogP contribution >= 0.6 is 11.3 Å². The molecular weight excluding hydrogens is 199 g/mol. The fourth-order valence-electron chi connectivity index (χ4n) is 1.10. The zero-order chi connectivity index (χ0) is 9.47. The average molecular weight is 203 g/mol. The van der Waals surface area contributed by atoms with E-state index in [2.05, 4.69) is 4.98 Å². The van der Waals surface area contributed by atoms with E-state index < -0.39 is 11.7 Å². The van der Waals surface area contributed by atoms with Gasteiger partial charge in [-0.2, -0.15) is 13.2 Å². The molecule has 0 atom stereocenters. The molecule has 2 heterocycles. The second kappa shape index (κ2) is 2.70. The second-order valence-corrected chi connectivity index (χ2v) is 3.41. The van der Waals surface area contributed by atoms with Crippen LogP contribution in [0.5, 0.6) is 0 Å². The topological polar surface area (TPSA) is 12.9 Å². The zero-order valence-electron chi connectivity index (χ0n) is 6.30. The zero-order valence-corrected chi connectivity index (χ0v) is 7.12. The molecule has 0 saturated heterocycles. The van der Waals surface area contributed by atoms with Gasteiger partial charge in [-0.15, -0.1) is 11.3 Å². The Kier molecular flexibility index (Phi) is 1.76. The Bertz CT molecular complexity index is 432. The standard InChI is InChI=1S/C8H4F3NS/c9-8(10,11)5-1-3-12-6-2-4-13-7(5)6/h1-4H. The highest BCUT2D eigenvalue weighted by Crippen LogP contribution is 2.35. The van der Waals surface area contributed by atoms with Gasteiger partial charge in [0.15, 0.2) is 0 Å². The summed E-state index contributed by atoms with van der Waals surface area (Å²) in [5.74, 6) is 0. The van der Waals surface area contributed by atoms with Crippen LogP contribution in [0.15, 0.2) is 23.7 Å². The van der Waals surface area contributed by atoms with Crippen molar-refractivity contribution in [3.8, 4) is 0 Å². The number of pyridine rings is 1. The van der Waals surface area contributed by atoms with Crippen LogP contribution in [-0.2, 0) is 6.18 Å². The van der Waals surface area contributed by atoms with Crippen LogP contribution in [0.3, 0.4) is 0 Å². The fourth-order valence-corrected chi connectivity index (χ4v) is 1.98. The minimum atomic E-state index is -4.29. The lowest BCUT2D eigenvalue weighted by atomic mass is 10.2. The predicted molar refractivity (Wildman–Crippen MR) is 44.6 cm³/mol. The summed E-state index contributed by atoms with van der Waals surface area (Å²) in [6.07, 6.45) is -3.11. The first-order valence-electron chi connectivity index (χ1n) is 3.48. The highest BCUT2D eigenvalue weighted by Gasteiger charge is 2.32. The van der Waals surface area contributed by atoms with Gasteiger partial charge in [0, 0.05) is 6.20 Å². The van der Waals surface area contributed by atoms with E-state index >= 15 is 0 Å². The SMILES string of the molecule is FC(F)(F)c1ccnc2ccsc12. The normalized spacial score (nSPS) is 12.2. The second-order valence-electron chi connectivity index (χ2n) is 2.49. The molecule has 0 radical (unpaired) electrons. The number of aromatic nitrogens is 1. The van der Waals surface area contributed by atoms with Crippen LogP contribution in [0.25, 0.3) is 10.2 Å². The Morgan fingerprint density at radius 3 is 2.69 bits per heavy atom. The summed E-state index contributed by atoms with van der Waals surface area (Å²) < 4.78 is 37.3. The van der Waals surface area contributed by atoms with Gasteiger partial charge in [-0.05, 0) is 17.5 Å². The minimum absolute atomic E-state index is 0.204. The first-order valence-corrected chi connectivity index (χ1v) is 4.36. The van der Waals surface area contributed by atoms with Gasteiger partial charge in [-0.1, -0.05) is 0 Å². The molecule has 0 spiro atoms.